The Labute approximate surface area is 159 Å². The summed E-state index contributed by atoms with van der Waals surface area (Å²) < 4.78 is 6.35. The minimum absolute atomic E-state index is 0.0769. The summed E-state index contributed by atoms with van der Waals surface area (Å²) >= 11 is 5.08. The third kappa shape index (κ3) is 4.45. The Hall–Kier alpha value is -1.76. The molecular weight excluding hydrogens is 400 g/mol. The van der Waals surface area contributed by atoms with Crippen molar-refractivity contribution >= 4 is 44.1 Å². The summed E-state index contributed by atoms with van der Waals surface area (Å²) in [5, 5.41) is 3.85. The summed E-state index contributed by atoms with van der Waals surface area (Å²) in [6, 6.07) is 13.6. The monoisotopic (exact) mass is 418 g/mol. The molecule has 1 N–H and O–H groups in total. The smallest absolute Gasteiger partial charge is 0.252 e. The zero-order valence-electron chi connectivity index (χ0n) is 13.9. The molecule has 0 saturated carbocycles. The molecule has 4 nitrogen and oxygen atoms in total. The van der Waals surface area contributed by atoms with Crippen molar-refractivity contribution < 1.29 is 9.53 Å². The summed E-state index contributed by atoms with van der Waals surface area (Å²) in [4.78, 5) is 18.4. The van der Waals surface area contributed by atoms with Crippen molar-refractivity contribution in [1.29, 1.82) is 0 Å². The number of hydrogen-bond donors (Lipinski definition) is 1. The van der Waals surface area contributed by atoms with Gasteiger partial charge in [0.25, 0.3) is 5.91 Å². The van der Waals surface area contributed by atoms with Gasteiger partial charge in [0.1, 0.15) is 0 Å². The van der Waals surface area contributed by atoms with E-state index in [1.54, 1.807) is 11.3 Å². The Balaban J connectivity index is 1.88. The van der Waals surface area contributed by atoms with E-state index in [2.05, 4.69) is 21.2 Å². The standard InChI is InChI=1S/C19H19BrN2O2S/c1-2-24-11-5-10-21-19(23)14-12-16(17-8-9-18(20)25-17)22-15-7-4-3-6-13(14)15/h3-4,6-9,12H,2,5,10-11H2,1H3,(H,21,23). The average Bonchev–Trinajstić information content (AvgIpc) is 3.07. The fourth-order valence-electron chi connectivity index (χ4n) is 2.56. The number of halogens is 1. The molecule has 2 aromatic heterocycles. The number of carbonyl (C=O) groups is 1. The lowest BCUT2D eigenvalue weighted by Gasteiger charge is -2.10. The normalized spacial score (nSPS) is 11.0. The third-order valence-electron chi connectivity index (χ3n) is 3.74. The molecule has 0 bridgehead atoms. The molecule has 1 amide bonds. The topological polar surface area (TPSA) is 51.2 Å². The van der Waals surface area contributed by atoms with Crippen molar-refractivity contribution in [2.45, 2.75) is 13.3 Å². The molecule has 2 heterocycles. The molecule has 0 atom stereocenters. The van der Waals surface area contributed by atoms with E-state index < -0.39 is 0 Å². The third-order valence-corrected chi connectivity index (χ3v) is 5.39. The van der Waals surface area contributed by atoms with Crippen LogP contribution in [0.4, 0.5) is 0 Å². The van der Waals surface area contributed by atoms with Gasteiger partial charge in [-0.25, -0.2) is 4.98 Å². The lowest BCUT2D eigenvalue weighted by atomic mass is 10.1. The molecule has 0 aliphatic rings. The van der Waals surface area contributed by atoms with Crippen LogP contribution in [0, 0.1) is 0 Å². The van der Waals surface area contributed by atoms with Crippen LogP contribution in [0.2, 0.25) is 0 Å². The van der Waals surface area contributed by atoms with Gasteiger partial charge in [0.05, 0.1) is 25.4 Å². The van der Waals surface area contributed by atoms with Gasteiger partial charge in [-0.2, -0.15) is 0 Å². The zero-order chi connectivity index (χ0) is 17.6. The number of thiophene rings is 1. The van der Waals surface area contributed by atoms with E-state index in [1.807, 2.05) is 49.4 Å². The number of aromatic nitrogens is 1. The Bertz CT molecular complexity index is 879. The Morgan fingerprint density at radius 2 is 2.12 bits per heavy atom. The molecule has 0 aliphatic heterocycles. The largest absolute Gasteiger partial charge is 0.382 e. The molecule has 130 valence electrons. The van der Waals surface area contributed by atoms with Crippen molar-refractivity contribution in [1.82, 2.24) is 10.3 Å². The van der Waals surface area contributed by atoms with Gasteiger partial charge in [0, 0.05) is 25.1 Å². The molecule has 3 rings (SSSR count). The average molecular weight is 419 g/mol. The Kier molecular flexibility index (Phi) is 6.18. The molecule has 6 heteroatoms. The van der Waals surface area contributed by atoms with Gasteiger partial charge in [-0.15, -0.1) is 11.3 Å². The number of nitrogens with zero attached hydrogens (tertiary/aromatic N) is 1. The summed E-state index contributed by atoms with van der Waals surface area (Å²) in [6.45, 7) is 3.91. The summed E-state index contributed by atoms with van der Waals surface area (Å²) in [6.07, 6.45) is 0.799. The van der Waals surface area contributed by atoms with Crippen LogP contribution in [0.1, 0.15) is 23.7 Å². The highest BCUT2D eigenvalue weighted by atomic mass is 79.9. The minimum Gasteiger partial charge on any atom is -0.382 e. The fourth-order valence-corrected chi connectivity index (χ4v) is 3.90. The highest BCUT2D eigenvalue weighted by Crippen LogP contribution is 2.32. The number of fused-ring (bicyclic) bond motifs is 1. The first-order valence-corrected chi connectivity index (χ1v) is 9.81. The van der Waals surface area contributed by atoms with Crippen molar-refractivity contribution in [3.8, 4) is 10.6 Å². The van der Waals surface area contributed by atoms with Gasteiger partial charge in [0.15, 0.2) is 0 Å². The summed E-state index contributed by atoms with van der Waals surface area (Å²) in [5.41, 5.74) is 2.29. The van der Waals surface area contributed by atoms with Crippen LogP contribution in [0.15, 0.2) is 46.3 Å². The van der Waals surface area contributed by atoms with Crippen molar-refractivity contribution in [3.05, 3.63) is 51.8 Å². The minimum atomic E-state index is -0.0769. The predicted molar refractivity (Wildman–Crippen MR) is 106 cm³/mol. The number of rotatable bonds is 7. The maximum atomic E-state index is 12.7. The zero-order valence-corrected chi connectivity index (χ0v) is 16.3. The van der Waals surface area contributed by atoms with Gasteiger partial charge in [0.2, 0.25) is 0 Å². The SMILES string of the molecule is CCOCCCNC(=O)c1cc(-c2ccc(Br)s2)nc2ccccc12. The van der Waals surface area contributed by atoms with E-state index in [-0.39, 0.29) is 5.91 Å². The van der Waals surface area contributed by atoms with Crippen LogP contribution < -0.4 is 5.32 Å². The van der Waals surface area contributed by atoms with E-state index in [1.165, 1.54) is 0 Å². The van der Waals surface area contributed by atoms with Gasteiger partial charge in [-0.1, -0.05) is 18.2 Å². The first-order chi connectivity index (χ1) is 12.2. The van der Waals surface area contributed by atoms with Gasteiger partial charge < -0.3 is 10.1 Å². The van der Waals surface area contributed by atoms with Crippen LogP contribution in [0.25, 0.3) is 21.5 Å². The van der Waals surface area contributed by atoms with Crippen LogP contribution in [-0.4, -0.2) is 30.6 Å². The Morgan fingerprint density at radius 1 is 1.28 bits per heavy atom. The molecule has 0 saturated heterocycles. The molecule has 0 radical (unpaired) electrons. The van der Waals surface area contributed by atoms with Crippen LogP contribution in [-0.2, 0) is 4.74 Å². The fraction of sp³-hybridized carbons (Fsp3) is 0.263. The van der Waals surface area contributed by atoms with Crippen molar-refractivity contribution in [2.75, 3.05) is 19.8 Å². The second-order valence-corrected chi connectivity index (χ2v) is 7.95. The maximum Gasteiger partial charge on any atom is 0.252 e. The van der Waals surface area contributed by atoms with E-state index >= 15 is 0 Å². The summed E-state index contributed by atoms with van der Waals surface area (Å²) in [5.74, 6) is -0.0769. The van der Waals surface area contributed by atoms with E-state index in [0.717, 1.165) is 31.7 Å². The van der Waals surface area contributed by atoms with Crippen LogP contribution >= 0.6 is 27.3 Å². The molecule has 1 aromatic carbocycles. The molecule has 25 heavy (non-hydrogen) atoms. The van der Waals surface area contributed by atoms with Crippen LogP contribution in [0.5, 0.6) is 0 Å². The molecule has 0 aliphatic carbocycles. The molecule has 0 spiro atoms. The number of hydrogen-bond acceptors (Lipinski definition) is 4. The lowest BCUT2D eigenvalue weighted by molar-refractivity contribution is 0.0946. The quantitative estimate of drug-likeness (QED) is 0.556. The van der Waals surface area contributed by atoms with Gasteiger partial charge in [-0.3, -0.25) is 4.79 Å². The highest BCUT2D eigenvalue weighted by molar-refractivity contribution is 9.11. The number of pyridine rings is 1. The number of nitrogens with one attached hydrogen (secondary N) is 1. The molecule has 0 unspecified atom stereocenters. The van der Waals surface area contributed by atoms with Crippen molar-refractivity contribution in [3.63, 3.8) is 0 Å². The number of amides is 1. The first-order valence-electron chi connectivity index (χ1n) is 8.20. The number of benzene rings is 1. The first kappa shape index (κ1) is 18.0. The Morgan fingerprint density at radius 3 is 2.88 bits per heavy atom. The predicted octanol–water partition coefficient (Wildman–Crippen LogP) is 4.88. The number of ether oxygens (including phenoxy) is 1. The summed E-state index contributed by atoms with van der Waals surface area (Å²) in [7, 11) is 0. The van der Waals surface area contributed by atoms with Crippen molar-refractivity contribution in [2.24, 2.45) is 0 Å². The second kappa shape index (κ2) is 8.56. The molecular formula is C19H19BrN2O2S. The lowest BCUT2D eigenvalue weighted by Crippen LogP contribution is -2.25. The maximum absolute atomic E-state index is 12.7. The van der Waals surface area contributed by atoms with Gasteiger partial charge in [-0.05, 0) is 53.5 Å². The number of para-hydroxylation sites is 1. The van der Waals surface area contributed by atoms with Gasteiger partial charge >= 0.3 is 0 Å². The van der Waals surface area contributed by atoms with Crippen LogP contribution in [0.3, 0.4) is 0 Å². The van der Waals surface area contributed by atoms with E-state index in [0.29, 0.717) is 25.3 Å². The molecule has 0 fully saturated rings. The second-order valence-electron chi connectivity index (χ2n) is 5.48. The molecule has 3 aromatic rings. The van der Waals surface area contributed by atoms with E-state index in [9.17, 15) is 4.79 Å². The highest BCUT2D eigenvalue weighted by Gasteiger charge is 2.14. The van der Waals surface area contributed by atoms with E-state index in [4.69, 9.17) is 9.72 Å². The number of carbonyl (C=O) groups excluding carboxylic acids is 1.